The molecular formula is C12H24O4. The average molecular weight is 232 g/mol. The van der Waals surface area contributed by atoms with Gasteiger partial charge in [0.15, 0.2) is 5.60 Å². The zero-order valence-electron chi connectivity index (χ0n) is 11.4. The summed E-state index contributed by atoms with van der Waals surface area (Å²) in [6, 6.07) is 0. The molecule has 0 aromatic heterocycles. The predicted molar refractivity (Wildman–Crippen MR) is 62.0 cm³/mol. The van der Waals surface area contributed by atoms with Gasteiger partial charge in [0.2, 0.25) is 0 Å². The van der Waals surface area contributed by atoms with E-state index >= 15 is 0 Å². The smallest absolute Gasteiger partial charge is 0.338 e. The fraction of sp³-hybridized carbons (Fsp3) is 0.917. The Kier molecular flexibility index (Phi) is 4.54. The maximum atomic E-state index is 10.8. The molecule has 0 radical (unpaired) electrons. The van der Waals surface area contributed by atoms with Crippen LogP contribution in [0.1, 0.15) is 54.9 Å². The lowest BCUT2D eigenvalue weighted by Crippen LogP contribution is -2.40. The van der Waals surface area contributed by atoms with Crippen molar-refractivity contribution in [1.29, 1.82) is 0 Å². The van der Waals surface area contributed by atoms with Crippen LogP contribution in [0, 0.1) is 5.41 Å². The molecule has 96 valence electrons. The Bertz CT molecular complexity index is 248. The maximum absolute atomic E-state index is 10.8. The summed E-state index contributed by atoms with van der Waals surface area (Å²) >= 11 is 0. The minimum atomic E-state index is -1.32. The highest BCUT2D eigenvalue weighted by Gasteiger charge is 2.34. The van der Waals surface area contributed by atoms with Crippen molar-refractivity contribution < 1.29 is 19.7 Å². The van der Waals surface area contributed by atoms with Crippen molar-refractivity contribution in [3.8, 4) is 0 Å². The SMILES string of the molecule is CC(C)(C)CC(C)(C)OOC(C)(C)C(=O)O. The van der Waals surface area contributed by atoms with E-state index in [9.17, 15) is 4.79 Å². The largest absolute Gasteiger partial charge is 0.479 e. The molecule has 0 fully saturated rings. The summed E-state index contributed by atoms with van der Waals surface area (Å²) in [6.45, 7) is 13.0. The molecule has 0 aliphatic rings. The Balaban J connectivity index is 4.35. The highest BCUT2D eigenvalue weighted by atomic mass is 17.2. The van der Waals surface area contributed by atoms with E-state index in [-0.39, 0.29) is 5.41 Å². The van der Waals surface area contributed by atoms with E-state index in [0.717, 1.165) is 6.42 Å². The lowest BCUT2D eigenvalue weighted by molar-refractivity contribution is -0.396. The van der Waals surface area contributed by atoms with Gasteiger partial charge >= 0.3 is 5.97 Å². The summed E-state index contributed by atoms with van der Waals surface area (Å²) in [6.07, 6.45) is 0.774. The minimum absolute atomic E-state index is 0.0974. The molecule has 0 saturated heterocycles. The van der Waals surface area contributed by atoms with Gasteiger partial charge in [-0.2, -0.15) is 0 Å². The molecule has 1 N–H and O–H groups in total. The Labute approximate surface area is 97.9 Å². The van der Waals surface area contributed by atoms with E-state index < -0.39 is 17.2 Å². The fourth-order valence-electron chi connectivity index (χ4n) is 1.56. The van der Waals surface area contributed by atoms with Gasteiger partial charge in [-0.15, -0.1) is 0 Å². The monoisotopic (exact) mass is 232 g/mol. The highest BCUT2D eigenvalue weighted by Crippen LogP contribution is 2.30. The van der Waals surface area contributed by atoms with E-state index in [1.165, 1.54) is 13.8 Å². The van der Waals surface area contributed by atoms with E-state index in [1.54, 1.807) is 0 Å². The topological polar surface area (TPSA) is 55.8 Å². The standard InChI is InChI=1S/C12H24O4/c1-10(2,3)8-11(4,5)15-16-12(6,7)9(13)14/h8H2,1-7H3,(H,13,14). The molecule has 16 heavy (non-hydrogen) atoms. The van der Waals surface area contributed by atoms with Crippen LogP contribution in [0.25, 0.3) is 0 Å². The molecule has 0 heterocycles. The van der Waals surface area contributed by atoms with Crippen LogP contribution >= 0.6 is 0 Å². The normalized spacial score (nSPS) is 13.9. The number of aliphatic carboxylic acids is 1. The summed E-state index contributed by atoms with van der Waals surface area (Å²) in [5, 5.41) is 8.87. The van der Waals surface area contributed by atoms with Crippen LogP contribution in [0.4, 0.5) is 0 Å². The average Bonchev–Trinajstić information content (AvgIpc) is 1.96. The first-order valence-electron chi connectivity index (χ1n) is 5.46. The molecule has 0 aromatic rings. The van der Waals surface area contributed by atoms with E-state index in [2.05, 4.69) is 20.8 Å². The predicted octanol–water partition coefficient (Wildman–Crippen LogP) is 3.01. The molecule has 0 aromatic carbocycles. The molecule has 0 spiro atoms. The van der Waals surface area contributed by atoms with Crippen LogP contribution in [-0.4, -0.2) is 22.3 Å². The van der Waals surface area contributed by atoms with E-state index in [1.807, 2.05) is 13.8 Å². The van der Waals surface area contributed by atoms with Crippen LogP contribution in [0.3, 0.4) is 0 Å². The first kappa shape index (κ1) is 15.4. The quantitative estimate of drug-likeness (QED) is 0.584. The molecule has 4 nitrogen and oxygen atoms in total. The molecule has 0 rings (SSSR count). The van der Waals surface area contributed by atoms with Crippen molar-refractivity contribution in [2.24, 2.45) is 5.41 Å². The van der Waals surface area contributed by atoms with Crippen molar-refractivity contribution >= 4 is 5.97 Å². The van der Waals surface area contributed by atoms with Gasteiger partial charge < -0.3 is 5.11 Å². The maximum Gasteiger partial charge on any atom is 0.338 e. The lowest BCUT2D eigenvalue weighted by Gasteiger charge is -2.33. The molecular weight excluding hydrogens is 208 g/mol. The molecule has 0 saturated carbocycles. The fourth-order valence-corrected chi connectivity index (χ4v) is 1.56. The van der Waals surface area contributed by atoms with Crippen LogP contribution in [0.15, 0.2) is 0 Å². The molecule has 0 bridgehead atoms. The van der Waals surface area contributed by atoms with Crippen molar-refractivity contribution in [3.05, 3.63) is 0 Å². The van der Waals surface area contributed by atoms with Crippen LogP contribution < -0.4 is 0 Å². The lowest BCUT2D eigenvalue weighted by atomic mass is 9.84. The van der Waals surface area contributed by atoms with Crippen molar-refractivity contribution in [1.82, 2.24) is 0 Å². The molecule has 0 atom stereocenters. The van der Waals surface area contributed by atoms with Crippen molar-refractivity contribution in [2.75, 3.05) is 0 Å². The summed E-state index contributed by atoms with van der Waals surface area (Å²) in [4.78, 5) is 21.1. The third kappa shape index (κ3) is 6.08. The second-order valence-corrected chi connectivity index (χ2v) is 6.48. The highest BCUT2D eigenvalue weighted by molar-refractivity contribution is 5.76. The molecule has 0 amide bonds. The van der Waals surface area contributed by atoms with Crippen molar-refractivity contribution in [3.63, 3.8) is 0 Å². The molecule has 0 aliphatic carbocycles. The summed E-state index contributed by atoms with van der Waals surface area (Å²) in [5.74, 6) is -1.04. The molecule has 0 unspecified atom stereocenters. The van der Waals surface area contributed by atoms with Gasteiger partial charge in [-0.1, -0.05) is 20.8 Å². The third-order valence-electron chi connectivity index (χ3n) is 1.95. The first-order chi connectivity index (χ1) is 6.86. The Morgan fingerprint density at radius 1 is 1.00 bits per heavy atom. The van der Waals surface area contributed by atoms with E-state index in [0.29, 0.717) is 0 Å². The number of hydrogen-bond acceptors (Lipinski definition) is 3. The van der Waals surface area contributed by atoms with Gasteiger partial charge in [0, 0.05) is 0 Å². The van der Waals surface area contributed by atoms with E-state index in [4.69, 9.17) is 14.9 Å². The van der Waals surface area contributed by atoms with Gasteiger partial charge in [0.1, 0.15) is 0 Å². The second-order valence-electron chi connectivity index (χ2n) is 6.48. The van der Waals surface area contributed by atoms with Gasteiger partial charge in [0.05, 0.1) is 5.60 Å². The Morgan fingerprint density at radius 3 is 1.75 bits per heavy atom. The summed E-state index contributed by atoms with van der Waals surface area (Å²) in [7, 11) is 0. The van der Waals surface area contributed by atoms with Crippen LogP contribution in [0.5, 0.6) is 0 Å². The first-order valence-corrected chi connectivity index (χ1v) is 5.46. The molecule has 0 aliphatic heterocycles. The van der Waals surface area contributed by atoms with Gasteiger partial charge in [-0.3, -0.25) is 0 Å². The summed E-state index contributed by atoms with van der Waals surface area (Å²) in [5.41, 5.74) is -1.74. The Morgan fingerprint density at radius 2 is 1.44 bits per heavy atom. The third-order valence-corrected chi connectivity index (χ3v) is 1.95. The number of carboxylic acids is 1. The number of hydrogen-bond donors (Lipinski definition) is 1. The van der Waals surface area contributed by atoms with Gasteiger partial charge in [0.25, 0.3) is 0 Å². The zero-order valence-corrected chi connectivity index (χ0v) is 11.4. The van der Waals surface area contributed by atoms with Gasteiger partial charge in [-0.25, -0.2) is 14.6 Å². The molecule has 4 heteroatoms. The number of carbonyl (C=O) groups is 1. The summed E-state index contributed by atoms with van der Waals surface area (Å²) < 4.78 is 0. The Hall–Kier alpha value is -0.610. The second kappa shape index (κ2) is 4.72. The number of rotatable bonds is 5. The van der Waals surface area contributed by atoms with Crippen LogP contribution in [-0.2, 0) is 14.6 Å². The zero-order chi connectivity index (χ0) is 13.2. The number of carboxylic acid groups (broad SMARTS) is 1. The van der Waals surface area contributed by atoms with Crippen LogP contribution in [0.2, 0.25) is 0 Å². The van der Waals surface area contributed by atoms with Gasteiger partial charge in [-0.05, 0) is 39.5 Å². The minimum Gasteiger partial charge on any atom is -0.479 e. The van der Waals surface area contributed by atoms with Crippen molar-refractivity contribution in [2.45, 2.75) is 66.1 Å².